The van der Waals surface area contributed by atoms with Gasteiger partial charge in [0.25, 0.3) is 0 Å². The van der Waals surface area contributed by atoms with Gasteiger partial charge in [0.15, 0.2) is 17.3 Å². The summed E-state index contributed by atoms with van der Waals surface area (Å²) < 4.78 is 0. The van der Waals surface area contributed by atoms with Gasteiger partial charge in [-0.25, -0.2) is 0 Å². The normalized spacial score (nSPS) is 10.9. The number of aliphatic hydroxyl groups is 3. The van der Waals surface area contributed by atoms with Gasteiger partial charge in [0, 0.05) is 75.8 Å². The van der Waals surface area contributed by atoms with E-state index in [0.717, 1.165) is 0 Å². The van der Waals surface area contributed by atoms with Gasteiger partial charge >= 0.3 is 0 Å². The number of carbonyl (C=O) groups is 3. The van der Waals surface area contributed by atoms with Crippen molar-refractivity contribution < 1.29 is 70.5 Å². The molecule has 0 aromatic heterocycles. The smallest absolute Gasteiger partial charge is 0.189 e. The first-order chi connectivity index (χ1) is 17.1. The third kappa shape index (κ3) is 15.4. The topological polar surface area (TPSA) is 112 Å². The third-order valence-electron chi connectivity index (χ3n) is 4.19. The van der Waals surface area contributed by atoms with Crippen LogP contribution in [0, 0.1) is 40.8 Å². The van der Waals surface area contributed by atoms with E-state index in [1.54, 1.807) is 72.8 Å². The van der Waals surface area contributed by atoms with Crippen LogP contribution in [0.15, 0.2) is 127 Å². The average molecular weight is 631 g/mol. The number of benzene rings is 3. The van der Waals surface area contributed by atoms with Crippen LogP contribution < -0.4 is 0 Å². The second-order valence-electron chi connectivity index (χ2n) is 7.55. The van der Waals surface area contributed by atoms with Gasteiger partial charge in [-0.2, -0.15) is 0 Å². The van der Waals surface area contributed by atoms with Gasteiger partial charge in [-0.15, -0.1) is 0 Å². The van der Waals surface area contributed by atoms with E-state index in [2.05, 4.69) is 0 Å². The van der Waals surface area contributed by atoms with Gasteiger partial charge < -0.3 is 15.3 Å². The van der Waals surface area contributed by atoms with Crippen molar-refractivity contribution >= 4 is 17.3 Å². The van der Waals surface area contributed by atoms with E-state index in [1.807, 2.05) is 18.2 Å². The number of rotatable bonds is 6. The monoisotopic (exact) mass is 628 g/mol. The fraction of sp³-hybridized carbons (Fsp3) is 0.100. The van der Waals surface area contributed by atoms with Crippen LogP contribution in [-0.2, 0) is 0 Å². The summed E-state index contributed by atoms with van der Waals surface area (Å²) in [6.07, 6.45) is 3.61. The average Bonchev–Trinajstić information content (AvgIpc) is 2.85. The van der Waals surface area contributed by atoms with E-state index in [1.165, 1.54) is 39.0 Å². The van der Waals surface area contributed by atoms with Gasteiger partial charge in [-0.1, -0.05) is 91.0 Å². The number of hydrogen-bond donors (Lipinski definition) is 3. The summed E-state index contributed by atoms with van der Waals surface area (Å²) in [6, 6.07) is 26.5. The largest absolute Gasteiger partial charge is 0.512 e. The Balaban J connectivity index is 0.000000518. The van der Waals surface area contributed by atoms with Crippen molar-refractivity contribution in [1.82, 2.24) is 0 Å². The summed E-state index contributed by atoms with van der Waals surface area (Å²) in [5.74, 6) is -0.418. The van der Waals surface area contributed by atoms with Crippen LogP contribution in [0.3, 0.4) is 0 Å². The predicted octanol–water partition coefficient (Wildman–Crippen LogP) is 6.99. The molecule has 0 bridgehead atoms. The molecule has 0 saturated carbocycles. The molecule has 0 amide bonds. The molecular formula is C30H30NdO6. The first-order valence-electron chi connectivity index (χ1n) is 11.0. The minimum atomic E-state index is -0.171. The number of ketones is 3. The molecule has 0 spiro atoms. The summed E-state index contributed by atoms with van der Waals surface area (Å²) in [4.78, 5) is 33.7. The molecule has 6 nitrogen and oxygen atoms in total. The molecule has 3 N–H and O–H groups in total. The molecule has 0 aliphatic heterocycles. The molecule has 0 saturated heterocycles. The summed E-state index contributed by atoms with van der Waals surface area (Å²) in [5, 5.41) is 26.5. The van der Waals surface area contributed by atoms with E-state index >= 15 is 0 Å². The summed E-state index contributed by atoms with van der Waals surface area (Å²) >= 11 is 0. The van der Waals surface area contributed by atoms with Crippen molar-refractivity contribution in [3.05, 3.63) is 143 Å². The second kappa shape index (κ2) is 18.8. The summed E-state index contributed by atoms with van der Waals surface area (Å²) in [5.41, 5.74) is 1.77. The van der Waals surface area contributed by atoms with Crippen LogP contribution >= 0.6 is 0 Å². The quantitative estimate of drug-likeness (QED) is 0.154. The van der Waals surface area contributed by atoms with Crippen molar-refractivity contribution in [3.8, 4) is 0 Å². The van der Waals surface area contributed by atoms with Crippen molar-refractivity contribution in [1.29, 1.82) is 0 Å². The Labute approximate surface area is 250 Å². The fourth-order valence-electron chi connectivity index (χ4n) is 2.63. The molecule has 0 fully saturated rings. The Morgan fingerprint density at radius 3 is 0.811 bits per heavy atom. The van der Waals surface area contributed by atoms with E-state index in [9.17, 15) is 14.4 Å². The van der Waals surface area contributed by atoms with Gasteiger partial charge in [-0.05, 0) is 20.8 Å². The number of carbonyl (C=O) groups excluding carboxylic acids is 3. The van der Waals surface area contributed by atoms with Crippen LogP contribution in [0.2, 0.25) is 0 Å². The Morgan fingerprint density at radius 2 is 0.649 bits per heavy atom. The molecule has 0 heterocycles. The van der Waals surface area contributed by atoms with Crippen LogP contribution in [0.1, 0.15) is 51.8 Å². The molecule has 0 radical (unpaired) electrons. The van der Waals surface area contributed by atoms with Gasteiger partial charge in [0.1, 0.15) is 0 Å². The zero-order chi connectivity index (χ0) is 26.9. The van der Waals surface area contributed by atoms with Crippen LogP contribution in [-0.4, -0.2) is 32.7 Å². The number of aliphatic hydroxyl groups excluding tert-OH is 3. The molecule has 0 aliphatic carbocycles. The molecule has 7 heteroatoms. The maximum atomic E-state index is 11.2. The van der Waals surface area contributed by atoms with Gasteiger partial charge in [0.2, 0.25) is 0 Å². The zero-order valence-electron chi connectivity index (χ0n) is 21.0. The van der Waals surface area contributed by atoms with Crippen molar-refractivity contribution in [2.45, 2.75) is 20.8 Å². The first kappa shape index (κ1) is 33.6. The molecular weight excluding hydrogens is 601 g/mol. The van der Waals surface area contributed by atoms with Gasteiger partial charge in [-0.3, -0.25) is 14.4 Å². The molecule has 3 rings (SSSR count). The molecule has 0 unspecified atom stereocenters. The Bertz CT molecular complexity index is 1050. The van der Waals surface area contributed by atoms with Crippen LogP contribution in [0.25, 0.3) is 0 Å². The van der Waals surface area contributed by atoms with Crippen molar-refractivity contribution in [2.24, 2.45) is 0 Å². The van der Waals surface area contributed by atoms with E-state index in [0.29, 0.717) is 16.7 Å². The van der Waals surface area contributed by atoms with Crippen LogP contribution in [0.5, 0.6) is 0 Å². The number of allylic oxidation sites excluding steroid dienone is 6. The third-order valence-corrected chi connectivity index (χ3v) is 4.19. The Morgan fingerprint density at radius 1 is 0.459 bits per heavy atom. The summed E-state index contributed by atoms with van der Waals surface area (Å²) in [7, 11) is 0. The first-order valence-corrected chi connectivity index (χ1v) is 11.0. The zero-order valence-corrected chi connectivity index (χ0v) is 24.2. The van der Waals surface area contributed by atoms with E-state index in [-0.39, 0.29) is 75.5 Å². The Hall–Kier alpha value is -3.36. The second-order valence-corrected chi connectivity index (χ2v) is 7.55. The van der Waals surface area contributed by atoms with Crippen LogP contribution in [0.4, 0.5) is 0 Å². The molecule has 3 aromatic carbocycles. The van der Waals surface area contributed by atoms with E-state index in [4.69, 9.17) is 15.3 Å². The van der Waals surface area contributed by atoms with Crippen molar-refractivity contribution in [2.75, 3.05) is 0 Å². The summed E-state index contributed by atoms with van der Waals surface area (Å²) in [6.45, 7) is 4.42. The maximum absolute atomic E-state index is 11.2. The fourth-order valence-corrected chi connectivity index (χ4v) is 2.63. The minimum absolute atomic E-state index is 0. The van der Waals surface area contributed by atoms with Gasteiger partial charge in [0.05, 0.1) is 17.3 Å². The molecule has 3 aromatic rings. The molecule has 37 heavy (non-hydrogen) atoms. The predicted molar refractivity (Wildman–Crippen MR) is 141 cm³/mol. The minimum Gasteiger partial charge on any atom is -0.512 e. The number of hydrogen-bond acceptors (Lipinski definition) is 6. The van der Waals surface area contributed by atoms with E-state index < -0.39 is 0 Å². The molecule has 190 valence electrons. The molecule has 0 atom stereocenters. The maximum Gasteiger partial charge on any atom is 0.189 e. The van der Waals surface area contributed by atoms with Crippen molar-refractivity contribution in [3.63, 3.8) is 0 Å². The Kier molecular flexibility index (Phi) is 17.1. The molecule has 0 aliphatic rings. The SMILES string of the molecule is C/C(O)=C/C(=O)c1ccccc1.C/C(O)=C/C(=O)c1ccccc1.C/C(O)=C/C(=O)c1ccccc1.[Nd]. The standard InChI is InChI=1S/3C10H10O2.Nd/c3*1-8(11)7-10(12)9-5-3-2-4-6-9;/h3*2-7,11H,1H3;/b3*8-7-;.